The minimum atomic E-state index is 0.113. The van der Waals surface area contributed by atoms with Gasteiger partial charge in [-0.2, -0.15) is 0 Å². The number of ether oxygens (including phenoxy) is 1. The molecule has 5 nitrogen and oxygen atoms in total. The van der Waals surface area contributed by atoms with Gasteiger partial charge in [0.1, 0.15) is 5.82 Å². The van der Waals surface area contributed by atoms with Crippen molar-refractivity contribution < 1.29 is 4.74 Å². The standard InChI is InChI=1S/C18H26N4O/c1-3-22-12-11-21(13-16(22)18-19-9-10-20-18)14-17(23-2)15-7-5-4-6-8-15/h4-10,16-17H,3,11-14H2,1-2H3,(H,19,20)/t16-,17-/m1/s1. The molecule has 0 saturated carbocycles. The fourth-order valence-corrected chi connectivity index (χ4v) is 3.36. The van der Waals surface area contributed by atoms with Gasteiger partial charge in [0.2, 0.25) is 0 Å². The average Bonchev–Trinajstić information content (AvgIpc) is 3.14. The average molecular weight is 314 g/mol. The van der Waals surface area contributed by atoms with Crippen molar-refractivity contribution in [1.82, 2.24) is 19.8 Å². The molecule has 0 spiro atoms. The van der Waals surface area contributed by atoms with Crippen LogP contribution in [0.15, 0.2) is 42.7 Å². The van der Waals surface area contributed by atoms with E-state index in [-0.39, 0.29) is 6.10 Å². The van der Waals surface area contributed by atoms with E-state index in [0.717, 1.165) is 38.5 Å². The summed E-state index contributed by atoms with van der Waals surface area (Å²) in [6.07, 6.45) is 3.86. The van der Waals surface area contributed by atoms with Gasteiger partial charge in [-0.1, -0.05) is 37.3 Å². The van der Waals surface area contributed by atoms with Crippen molar-refractivity contribution in [2.75, 3.05) is 39.8 Å². The van der Waals surface area contributed by atoms with Gasteiger partial charge in [-0.25, -0.2) is 4.98 Å². The predicted molar refractivity (Wildman–Crippen MR) is 91.2 cm³/mol. The topological polar surface area (TPSA) is 44.4 Å². The smallest absolute Gasteiger partial charge is 0.124 e. The Hall–Kier alpha value is -1.69. The Morgan fingerprint density at radius 3 is 2.78 bits per heavy atom. The van der Waals surface area contributed by atoms with Crippen molar-refractivity contribution in [3.63, 3.8) is 0 Å². The number of imidazole rings is 1. The van der Waals surface area contributed by atoms with Gasteiger partial charge < -0.3 is 9.72 Å². The first-order valence-corrected chi connectivity index (χ1v) is 8.35. The number of nitrogens with zero attached hydrogens (tertiary/aromatic N) is 3. The van der Waals surface area contributed by atoms with Crippen LogP contribution in [0.3, 0.4) is 0 Å². The van der Waals surface area contributed by atoms with Gasteiger partial charge in [0, 0.05) is 45.7 Å². The first-order chi connectivity index (χ1) is 11.3. The highest BCUT2D eigenvalue weighted by Gasteiger charge is 2.30. The second-order valence-electron chi connectivity index (χ2n) is 6.01. The van der Waals surface area contributed by atoms with E-state index in [4.69, 9.17) is 4.74 Å². The molecule has 0 unspecified atom stereocenters. The van der Waals surface area contributed by atoms with E-state index in [1.807, 2.05) is 18.5 Å². The zero-order chi connectivity index (χ0) is 16.1. The molecule has 1 aromatic carbocycles. The summed E-state index contributed by atoms with van der Waals surface area (Å²) in [5.74, 6) is 1.06. The largest absolute Gasteiger partial charge is 0.375 e. The number of benzene rings is 1. The van der Waals surface area contributed by atoms with Crippen LogP contribution in [0.25, 0.3) is 0 Å². The van der Waals surface area contributed by atoms with E-state index in [9.17, 15) is 0 Å². The molecule has 1 fully saturated rings. The van der Waals surface area contributed by atoms with Gasteiger partial charge in [-0.3, -0.25) is 9.80 Å². The van der Waals surface area contributed by atoms with Crippen molar-refractivity contribution in [3.05, 3.63) is 54.1 Å². The SMILES string of the molecule is CCN1CCN(C[C@@H](OC)c2ccccc2)C[C@@H]1c1ncc[nH]1. The number of piperazine rings is 1. The number of nitrogens with one attached hydrogen (secondary N) is 1. The fraction of sp³-hybridized carbons (Fsp3) is 0.500. The Kier molecular flexibility index (Phi) is 5.43. The summed E-state index contributed by atoms with van der Waals surface area (Å²) >= 11 is 0. The summed E-state index contributed by atoms with van der Waals surface area (Å²) < 4.78 is 5.74. The number of methoxy groups -OCH3 is 1. The highest BCUT2D eigenvalue weighted by molar-refractivity contribution is 5.18. The number of hydrogen-bond acceptors (Lipinski definition) is 4. The normalized spacial score (nSPS) is 21.4. The lowest BCUT2D eigenvalue weighted by Crippen LogP contribution is -2.49. The number of aromatic amines is 1. The Bertz CT molecular complexity index is 570. The first-order valence-electron chi connectivity index (χ1n) is 8.35. The molecule has 0 aliphatic carbocycles. The maximum Gasteiger partial charge on any atom is 0.124 e. The van der Waals surface area contributed by atoms with E-state index in [1.54, 1.807) is 7.11 Å². The Morgan fingerprint density at radius 2 is 2.13 bits per heavy atom. The summed E-state index contributed by atoms with van der Waals surface area (Å²) in [5.41, 5.74) is 1.24. The van der Waals surface area contributed by atoms with Crippen LogP contribution in [0.4, 0.5) is 0 Å². The highest BCUT2D eigenvalue weighted by atomic mass is 16.5. The molecule has 5 heteroatoms. The lowest BCUT2D eigenvalue weighted by molar-refractivity contribution is 0.0200. The lowest BCUT2D eigenvalue weighted by atomic mass is 10.1. The van der Waals surface area contributed by atoms with Gasteiger partial charge in [0.15, 0.2) is 0 Å². The van der Waals surface area contributed by atoms with E-state index in [0.29, 0.717) is 6.04 Å². The second kappa shape index (κ2) is 7.73. The monoisotopic (exact) mass is 314 g/mol. The zero-order valence-corrected chi connectivity index (χ0v) is 14.0. The maximum absolute atomic E-state index is 5.74. The van der Waals surface area contributed by atoms with Crippen molar-refractivity contribution in [3.8, 4) is 0 Å². The number of aromatic nitrogens is 2. The first kappa shape index (κ1) is 16.2. The number of likely N-dealkylation sites (N-methyl/N-ethyl adjacent to an activating group) is 1. The van der Waals surface area contributed by atoms with Gasteiger partial charge >= 0.3 is 0 Å². The van der Waals surface area contributed by atoms with Gasteiger partial charge in [-0.15, -0.1) is 0 Å². The van der Waals surface area contributed by atoms with Gasteiger partial charge in [0.25, 0.3) is 0 Å². The third-order valence-corrected chi connectivity index (χ3v) is 4.70. The molecule has 2 aromatic rings. The Balaban J connectivity index is 1.69. The summed E-state index contributed by atoms with van der Waals surface area (Å²) in [7, 11) is 1.80. The van der Waals surface area contributed by atoms with E-state index < -0.39 is 0 Å². The van der Waals surface area contributed by atoms with Crippen molar-refractivity contribution in [1.29, 1.82) is 0 Å². The van der Waals surface area contributed by atoms with E-state index in [2.05, 4.69) is 51.0 Å². The van der Waals surface area contributed by atoms with Crippen LogP contribution in [0.1, 0.15) is 30.5 Å². The van der Waals surface area contributed by atoms with Crippen LogP contribution in [0.2, 0.25) is 0 Å². The molecule has 1 aromatic heterocycles. The summed E-state index contributed by atoms with van der Waals surface area (Å²) in [5, 5.41) is 0. The molecule has 1 aliphatic rings. The quantitative estimate of drug-likeness (QED) is 0.890. The third kappa shape index (κ3) is 3.80. The molecule has 124 valence electrons. The second-order valence-corrected chi connectivity index (χ2v) is 6.01. The third-order valence-electron chi connectivity index (χ3n) is 4.70. The van der Waals surface area contributed by atoms with Gasteiger partial charge in [0.05, 0.1) is 12.1 Å². The van der Waals surface area contributed by atoms with E-state index >= 15 is 0 Å². The number of hydrogen-bond donors (Lipinski definition) is 1. The lowest BCUT2D eigenvalue weighted by Gasteiger charge is -2.41. The summed E-state index contributed by atoms with van der Waals surface area (Å²) in [6.45, 7) is 7.29. The molecular weight excluding hydrogens is 288 g/mol. The molecule has 23 heavy (non-hydrogen) atoms. The molecule has 1 N–H and O–H groups in total. The van der Waals surface area contributed by atoms with Crippen molar-refractivity contribution >= 4 is 0 Å². The molecule has 1 saturated heterocycles. The fourth-order valence-electron chi connectivity index (χ4n) is 3.36. The van der Waals surface area contributed by atoms with Crippen LogP contribution in [-0.2, 0) is 4.74 Å². The number of H-pyrrole nitrogens is 1. The molecule has 0 bridgehead atoms. The highest BCUT2D eigenvalue weighted by Crippen LogP contribution is 2.25. The van der Waals surface area contributed by atoms with Crippen LogP contribution in [0.5, 0.6) is 0 Å². The molecule has 3 rings (SSSR count). The zero-order valence-electron chi connectivity index (χ0n) is 14.0. The summed E-state index contributed by atoms with van der Waals surface area (Å²) in [6, 6.07) is 10.8. The van der Waals surface area contributed by atoms with Crippen LogP contribution < -0.4 is 0 Å². The van der Waals surface area contributed by atoms with E-state index in [1.165, 1.54) is 5.56 Å². The Labute approximate surface area is 138 Å². The minimum Gasteiger partial charge on any atom is -0.375 e. The minimum absolute atomic E-state index is 0.113. The van der Waals surface area contributed by atoms with Crippen LogP contribution in [-0.4, -0.2) is 59.6 Å². The molecular formula is C18H26N4O. The van der Waals surface area contributed by atoms with Crippen LogP contribution in [0, 0.1) is 0 Å². The Morgan fingerprint density at radius 1 is 1.30 bits per heavy atom. The molecule has 2 heterocycles. The van der Waals surface area contributed by atoms with Crippen molar-refractivity contribution in [2.45, 2.75) is 19.1 Å². The maximum atomic E-state index is 5.74. The molecule has 1 aliphatic heterocycles. The predicted octanol–water partition coefficient (Wildman–Crippen LogP) is 2.48. The number of rotatable bonds is 6. The molecule has 0 radical (unpaired) electrons. The summed E-state index contributed by atoms with van der Waals surface area (Å²) in [4.78, 5) is 12.7. The van der Waals surface area contributed by atoms with Gasteiger partial charge in [-0.05, 0) is 12.1 Å². The molecule has 2 atom stereocenters. The molecule has 0 amide bonds. The van der Waals surface area contributed by atoms with Crippen molar-refractivity contribution in [2.24, 2.45) is 0 Å². The van der Waals surface area contributed by atoms with Crippen LogP contribution >= 0.6 is 0 Å².